The van der Waals surface area contributed by atoms with Crippen molar-refractivity contribution in [3.63, 3.8) is 0 Å². The Bertz CT molecular complexity index is 708. The number of amides is 1. The first-order chi connectivity index (χ1) is 11.3. The van der Waals surface area contributed by atoms with E-state index in [9.17, 15) is 18.0 Å². The number of carbonyl (C=O) groups excluding carboxylic acids is 1. The predicted molar refractivity (Wildman–Crippen MR) is 86.6 cm³/mol. The molecule has 0 atom stereocenters. The number of hydrogen-bond acceptors (Lipinski definition) is 3. The van der Waals surface area contributed by atoms with E-state index < -0.39 is 12.8 Å². The molecule has 2 aromatic rings. The van der Waals surface area contributed by atoms with Gasteiger partial charge in [0.25, 0.3) is 0 Å². The van der Waals surface area contributed by atoms with Gasteiger partial charge in [0.1, 0.15) is 5.75 Å². The number of alkyl halides is 3. The second-order valence-electron chi connectivity index (χ2n) is 4.81. The Kier molecular flexibility index (Phi) is 5.92. The molecule has 0 bridgehead atoms. The Labute approximate surface area is 141 Å². The second-order valence-corrected chi connectivity index (χ2v) is 5.22. The quantitative estimate of drug-likeness (QED) is 0.808. The molecule has 0 aliphatic rings. The summed E-state index contributed by atoms with van der Waals surface area (Å²) in [6.45, 7) is -1.43. The van der Waals surface area contributed by atoms with E-state index in [1.807, 2.05) is 0 Å². The molecule has 4 nitrogen and oxygen atoms in total. The summed E-state index contributed by atoms with van der Waals surface area (Å²) in [6.07, 6.45) is -4.42. The van der Waals surface area contributed by atoms with Gasteiger partial charge in [0.15, 0.2) is 6.61 Å². The van der Waals surface area contributed by atoms with Crippen LogP contribution in [-0.2, 0) is 4.79 Å². The van der Waals surface area contributed by atoms with Gasteiger partial charge in [0.05, 0.1) is 17.3 Å². The van der Waals surface area contributed by atoms with E-state index in [4.69, 9.17) is 11.6 Å². The maximum Gasteiger partial charge on any atom is 0.422 e. The van der Waals surface area contributed by atoms with Gasteiger partial charge in [-0.15, -0.1) is 0 Å². The molecule has 8 heteroatoms. The number of nitrogens with one attached hydrogen (secondary N) is 2. The van der Waals surface area contributed by atoms with Crippen molar-refractivity contribution in [3.05, 3.63) is 53.6 Å². The number of anilines is 2. The summed E-state index contributed by atoms with van der Waals surface area (Å²) in [5.74, 6) is -0.355. The van der Waals surface area contributed by atoms with Crippen LogP contribution in [-0.4, -0.2) is 25.2 Å². The van der Waals surface area contributed by atoms with Crippen molar-refractivity contribution in [2.75, 3.05) is 23.8 Å². The average Bonchev–Trinajstić information content (AvgIpc) is 2.52. The number of ether oxygens (including phenoxy) is 1. The zero-order valence-corrected chi connectivity index (χ0v) is 13.1. The summed E-state index contributed by atoms with van der Waals surface area (Å²) in [7, 11) is 0. The number of hydrogen-bond donors (Lipinski definition) is 2. The number of rotatable bonds is 6. The molecule has 0 aliphatic carbocycles. The van der Waals surface area contributed by atoms with Crippen LogP contribution >= 0.6 is 11.6 Å². The van der Waals surface area contributed by atoms with Crippen LogP contribution in [0.2, 0.25) is 5.02 Å². The molecule has 0 fully saturated rings. The lowest BCUT2D eigenvalue weighted by Gasteiger charge is -2.11. The van der Waals surface area contributed by atoms with Gasteiger partial charge in [-0.05, 0) is 24.3 Å². The summed E-state index contributed by atoms with van der Waals surface area (Å²) in [4.78, 5) is 11.9. The highest BCUT2D eigenvalue weighted by Crippen LogP contribution is 2.22. The Hall–Kier alpha value is -2.41. The standard InChI is InChI=1S/C16H14ClF3N2O2/c17-13-6-1-2-7-14(13)21-9-15(23)22-11-4-3-5-12(8-11)24-10-16(18,19)20/h1-8,21H,9-10H2,(H,22,23). The molecule has 2 aromatic carbocycles. The SMILES string of the molecule is O=C(CNc1ccccc1Cl)Nc1cccc(OCC(F)(F)F)c1. The maximum atomic E-state index is 12.1. The van der Waals surface area contributed by atoms with E-state index in [0.29, 0.717) is 16.4 Å². The van der Waals surface area contributed by atoms with Crippen LogP contribution in [0.15, 0.2) is 48.5 Å². The van der Waals surface area contributed by atoms with Crippen LogP contribution in [0.1, 0.15) is 0 Å². The topological polar surface area (TPSA) is 50.4 Å². The summed E-state index contributed by atoms with van der Waals surface area (Å²) >= 11 is 5.96. The number of halogens is 4. The fourth-order valence-corrected chi connectivity index (χ4v) is 2.02. The summed E-state index contributed by atoms with van der Waals surface area (Å²) in [6, 6.07) is 12.7. The summed E-state index contributed by atoms with van der Waals surface area (Å²) in [5, 5.41) is 5.91. The molecule has 0 saturated heterocycles. The molecule has 0 heterocycles. The van der Waals surface area contributed by atoms with Crippen molar-refractivity contribution in [2.45, 2.75) is 6.18 Å². The third-order valence-corrected chi connectivity index (χ3v) is 3.16. The lowest BCUT2D eigenvalue weighted by molar-refractivity contribution is -0.153. The highest BCUT2D eigenvalue weighted by atomic mass is 35.5. The minimum absolute atomic E-state index is 0.0178. The molecular weight excluding hydrogens is 345 g/mol. The molecule has 0 radical (unpaired) electrons. The van der Waals surface area contributed by atoms with Crippen LogP contribution in [0.4, 0.5) is 24.5 Å². The summed E-state index contributed by atoms with van der Waals surface area (Å²) < 4.78 is 41.0. The Morgan fingerprint density at radius 3 is 2.58 bits per heavy atom. The predicted octanol–water partition coefficient (Wildman–Crippen LogP) is 4.33. The maximum absolute atomic E-state index is 12.1. The third-order valence-electron chi connectivity index (χ3n) is 2.83. The number of carbonyl (C=O) groups is 1. The molecule has 2 rings (SSSR count). The van der Waals surface area contributed by atoms with E-state index >= 15 is 0 Å². The first kappa shape index (κ1) is 17.9. The Morgan fingerprint density at radius 1 is 1.12 bits per heavy atom. The highest BCUT2D eigenvalue weighted by molar-refractivity contribution is 6.33. The molecule has 2 N–H and O–H groups in total. The van der Waals surface area contributed by atoms with Gasteiger partial charge in [-0.3, -0.25) is 4.79 Å². The van der Waals surface area contributed by atoms with Gasteiger partial charge in [-0.25, -0.2) is 0 Å². The monoisotopic (exact) mass is 358 g/mol. The first-order valence-corrected chi connectivity index (χ1v) is 7.29. The zero-order chi connectivity index (χ0) is 17.6. The van der Waals surface area contributed by atoms with E-state index in [1.165, 1.54) is 18.2 Å². The van der Waals surface area contributed by atoms with Crippen molar-refractivity contribution in [3.8, 4) is 5.75 Å². The molecule has 0 unspecified atom stereocenters. The van der Waals surface area contributed by atoms with Gasteiger partial charge >= 0.3 is 6.18 Å². The second kappa shape index (κ2) is 7.92. The van der Waals surface area contributed by atoms with Gasteiger partial charge in [0.2, 0.25) is 5.91 Å². The molecule has 128 valence electrons. The Balaban J connectivity index is 1.88. The van der Waals surface area contributed by atoms with Crippen molar-refractivity contribution in [1.82, 2.24) is 0 Å². The van der Waals surface area contributed by atoms with Crippen LogP contribution in [0, 0.1) is 0 Å². The lowest BCUT2D eigenvalue weighted by Crippen LogP contribution is -2.22. The molecule has 0 aliphatic heterocycles. The minimum Gasteiger partial charge on any atom is -0.484 e. The van der Waals surface area contributed by atoms with E-state index in [-0.39, 0.29) is 18.2 Å². The number of benzene rings is 2. The van der Waals surface area contributed by atoms with Crippen LogP contribution in [0.25, 0.3) is 0 Å². The lowest BCUT2D eigenvalue weighted by atomic mass is 10.3. The van der Waals surface area contributed by atoms with Crippen LogP contribution < -0.4 is 15.4 Å². The fraction of sp³-hybridized carbons (Fsp3) is 0.188. The highest BCUT2D eigenvalue weighted by Gasteiger charge is 2.28. The van der Waals surface area contributed by atoms with Crippen molar-refractivity contribution >= 4 is 28.9 Å². The van der Waals surface area contributed by atoms with Crippen LogP contribution in [0.3, 0.4) is 0 Å². The summed E-state index contributed by atoms with van der Waals surface area (Å²) in [5.41, 5.74) is 0.942. The third kappa shape index (κ3) is 6.00. The fourth-order valence-electron chi connectivity index (χ4n) is 1.81. The van der Waals surface area contributed by atoms with E-state index in [0.717, 1.165) is 0 Å². The van der Waals surface area contributed by atoms with Crippen molar-refractivity contribution in [2.24, 2.45) is 0 Å². The molecule has 0 aromatic heterocycles. The van der Waals surface area contributed by atoms with E-state index in [2.05, 4.69) is 15.4 Å². The van der Waals surface area contributed by atoms with Crippen molar-refractivity contribution < 1.29 is 22.7 Å². The minimum atomic E-state index is -4.42. The van der Waals surface area contributed by atoms with Crippen LogP contribution in [0.5, 0.6) is 5.75 Å². The van der Waals surface area contributed by atoms with Gasteiger partial charge < -0.3 is 15.4 Å². The molecule has 0 saturated carbocycles. The smallest absolute Gasteiger partial charge is 0.422 e. The van der Waals surface area contributed by atoms with Crippen molar-refractivity contribution in [1.29, 1.82) is 0 Å². The van der Waals surface area contributed by atoms with Gasteiger partial charge in [-0.2, -0.15) is 13.2 Å². The van der Waals surface area contributed by atoms with E-state index in [1.54, 1.807) is 30.3 Å². The zero-order valence-electron chi connectivity index (χ0n) is 12.4. The molecule has 24 heavy (non-hydrogen) atoms. The molecular formula is C16H14ClF3N2O2. The van der Waals surface area contributed by atoms with Gasteiger partial charge in [-0.1, -0.05) is 29.8 Å². The normalized spacial score (nSPS) is 11.0. The molecule has 0 spiro atoms. The average molecular weight is 359 g/mol. The first-order valence-electron chi connectivity index (χ1n) is 6.91. The number of para-hydroxylation sites is 1. The van der Waals surface area contributed by atoms with Gasteiger partial charge in [0, 0.05) is 11.8 Å². The molecule has 1 amide bonds. The Morgan fingerprint density at radius 2 is 1.88 bits per heavy atom. The largest absolute Gasteiger partial charge is 0.484 e.